The molecule has 0 amide bonds. The number of anilines is 1. The van der Waals surface area contributed by atoms with Gasteiger partial charge in [0, 0.05) is 30.4 Å². The van der Waals surface area contributed by atoms with Crippen molar-refractivity contribution in [2.24, 2.45) is 5.73 Å². The number of ether oxygens (including phenoxy) is 2. The minimum absolute atomic E-state index is 0.122. The van der Waals surface area contributed by atoms with Crippen molar-refractivity contribution in [2.75, 3.05) is 38.3 Å². The molecule has 2 rings (SSSR count). The number of nitrogens with zero attached hydrogens (tertiary/aromatic N) is 1. The van der Waals surface area contributed by atoms with Gasteiger partial charge in [-0.2, -0.15) is 0 Å². The molecule has 1 aromatic rings. The molecule has 20 heavy (non-hydrogen) atoms. The third-order valence-electron chi connectivity index (χ3n) is 3.38. The summed E-state index contributed by atoms with van der Waals surface area (Å²) in [5.74, 6) is -0.299. The first-order valence-corrected chi connectivity index (χ1v) is 6.60. The lowest BCUT2D eigenvalue weighted by Gasteiger charge is -2.30. The monoisotopic (exact) mass is 280 g/mol. The molecular weight excluding hydrogens is 260 g/mol. The van der Waals surface area contributed by atoms with Gasteiger partial charge in [0.1, 0.15) is 5.75 Å². The first kappa shape index (κ1) is 14.6. The van der Waals surface area contributed by atoms with Gasteiger partial charge >= 0.3 is 5.97 Å². The number of benzene rings is 1. The van der Waals surface area contributed by atoms with Gasteiger partial charge in [0.15, 0.2) is 0 Å². The number of rotatable bonds is 5. The number of hydrogen-bond donors (Lipinski definition) is 2. The van der Waals surface area contributed by atoms with Crippen molar-refractivity contribution in [3.8, 4) is 5.75 Å². The summed E-state index contributed by atoms with van der Waals surface area (Å²) in [7, 11) is 1.56. The average molecular weight is 280 g/mol. The van der Waals surface area contributed by atoms with E-state index in [1.165, 1.54) is 0 Å². The quantitative estimate of drug-likeness (QED) is 0.837. The van der Waals surface area contributed by atoms with E-state index in [4.69, 9.17) is 20.3 Å². The van der Waals surface area contributed by atoms with Gasteiger partial charge in [0.25, 0.3) is 0 Å². The lowest BCUT2D eigenvalue weighted by molar-refractivity contribution is -0.137. The number of methoxy groups -OCH3 is 1. The van der Waals surface area contributed by atoms with E-state index in [9.17, 15) is 4.79 Å². The Labute approximate surface area is 118 Å². The summed E-state index contributed by atoms with van der Waals surface area (Å²) in [6.07, 6.45) is -0.122. The highest BCUT2D eigenvalue weighted by molar-refractivity contribution is 5.68. The molecule has 110 valence electrons. The van der Waals surface area contributed by atoms with Gasteiger partial charge in [-0.05, 0) is 18.2 Å². The van der Waals surface area contributed by atoms with Gasteiger partial charge < -0.3 is 25.2 Å². The number of carboxylic acids is 1. The van der Waals surface area contributed by atoms with Crippen molar-refractivity contribution >= 4 is 11.7 Å². The van der Waals surface area contributed by atoms with Crippen LogP contribution in [0.3, 0.4) is 0 Å². The molecule has 1 unspecified atom stereocenters. The summed E-state index contributed by atoms with van der Waals surface area (Å²) in [5.41, 5.74) is 7.71. The van der Waals surface area contributed by atoms with Crippen LogP contribution in [0.2, 0.25) is 0 Å². The minimum Gasteiger partial charge on any atom is -0.496 e. The summed E-state index contributed by atoms with van der Waals surface area (Å²) >= 11 is 0. The average Bonchev–Trinajstić information content (AvgIpc) is 2.46. The smallest absolute Gasteiger partial charge is 0.305 e. The van der Waals surface area contributed by atoms with Crippen LogP contribution >= 0.6 is 0 Å². The topological polar surface area (TPSA) is 85.0 Å². The Morgan fingerprint density at radius 1 is 1.50 bits per heavy atom. The first-order valence-electron chi connectivity index (χ1n) is 6.60. The van der Waals surface area contributed by atoms with Gasteiger partial charge in [0.05, 0.1) is 26.7 Å². The maximum Gasteiger partial charge on any atom is 0.305 e. The second kappa shape index (κ2) is 6.58. The Morgan fingerprint density at radius 2 is 2.20 bits per heavy atom. The van der Waals surface area contributed by atoms with Crippen LogP contribution < -0.4 is 15.4 Å². The molecule has 0 spiro atoms. The van der Waals surface area contributed by atoms with Crippen LogP contribution in [0.15, 0.2) is 18.2 Å². The van der Waals surface area contributed by atoms with E-state index in [0.717, 1.165) is 24.3 Å². The lowest BCUT2D eigenvalue weighted by atomic mass is 10.0. The first-order chi connectivity index (χ1) is 9.61. The van der Waals surface area contributed by atoms with E-state index in [0.29, 0.717) is 19.0 Å². The molecule has 6 nitrogen and oxygen atoms in total. The lowest BCUT2D eigenvalue weighted by Crippen LogP contribution is -2.36. The maximum absolute atomic E-state index is 10.8. The number of morpholine rings is 1. The number of carboxylic acid groups (broad SMARTS) is 1. The van der Waals surface area contributed by atoms with Crippen LogP contribution in [0.5, 0.6) is 5.75 Å². The van der Waals surface area contributed by atoms with Crippen LogP contribution in [0.1, 0.15) is 18.0 Å². The highest BCUT2D eigenvalue weighted by Gasteiger charge is 2.18. The number of hydrogen-bond acceptors (Lipinski definition) is 5. The van der Waals surface area contributed by atoms with E-state index in [1.54, 1.807) is 7.11 Å². The molecule has 1 aliphatic heterocycles. The van der Waals surface area contributed by atoms with Crippen LogP contribution in [-0.4, -0.2) is 44.5 Å². The summed E-state index contributed by atoms with van der Waals surface area (Å²) < 4.78 is 10.6. The highest BCUT2D eigenvalue weighted by atomic mass is 16.5. The van der Waals surface area contributed by atoms with Gasteiger partial charge in [-0.25, -0.2) is 0 Å². The van der Waals surface area contributed by atoms with Crippen LogP contribution in [0.4, 0.5) is 5.69 Å². The molecule has 3 N–H and O–H groups in total. The van der Waals surface area contributed by atoms with E-state index < -0.39 is 12.0 Å². The maximum atomic E-state index is 10.8. The van der Waals surface area contributed by atoms with Crippen molar-refractivity contribution in [1.29, 1.82) is 0 Å². The molecule has 1 saturated heterocycles. The second-order valence-electron chi connectivity index (χ2n) is 4.73. The molecule has 1 fully saturated rings. The van der Waals surface area contributed by atoms with Crippen LogP contribution in [0, 0.1) is 0 Å². The molecule has 1 heterocycles. The molecule has 1 atom stereocenters. The van der Waals surface area contributed by atoms with Crippen LogP contribution in [-0.2, 0) is 9.53 Å². The Morgan fingerprint density at radius 3 is 2.80 bits per heavy atom. The molecule has 1 aliphatic rings. The Hall–Kier alpha value is -1.79. The normalized spacial score (nSPS) is 16.8. The van der Waals surface area contributed by atoms with Crippen molar-refractivity contribution in [2.45, 2.75) is 12.5 Å². The van der Waals surface area contributed by atoms with E-state index >= 15 is 0 Å². The summed E-state index contributed by atoms with van der Waals surface area (Å²) in [5, 5.41) is 8.88. The van der Waals surface area contributed by atoms with E-state index in [2.05, 4.69) is 4.90 Å². The summed E-state index contributed by atoms with van der Waals surface area (Å²) in [4.78, 5) is 13.0. The fourth-order valence-electron chi connectivity index (χ4n) is 2.33. The van der Waals surface area contributed by atoms with Gasteiger partial charge in [-0.1, -0.05) is 0 Å². The molecule has 0 radical (unpaired) electrons. The molecule has 0 aromatic heterocycles. The number of carbonyl (C=O) groups is 1. The minimum atomic E-state index is -0.920. The van der Waals surface area contributed by atoms with Crippen molar-refractivity contribution in [3.05, 3.63) is 23.8 Å². The van der Waals surface area contributed by atoms with E-state index in [-0.39, 0.29) is 6.42 Å². The molecule has 6 heteroatoms. The van der Waals surface area contributed by atoms with Crippen molar-refractivity contribution in [3.63, 3.8) is 0 Å². The standard InChI is InChI=1S/C14H20N2O4/c1-19-13-3-2-10(16-4-6-20-7-5-16)8-11(13)12(15)9-14(17)18/h2-3,8,12H,4-7,9,15H2,1H3,(H,17,18). The Bertz CT molecular complexity index is 472. The van der Waals surface area contributed by atoms with Crippen molar-refractivity contribution in [1.82, 2.24) is 0 Å². The fraction of sp³-hybridized carbons (Fsp3) is 0.500. The SMILES string of the molecule is COc1ccc(N2CCOCC2)cc1C(N)CC(=O)O. The molecule has 1 aromatic carbocycles. The van der Waals surface area contributed by atoms with Crippen molar-refractivity contribution < 1.29 is 19.4 Å². The van der Waals surface area contributed by atoms with Gasteiger partial charge in [-0.15, -0.1) is 0 Å². The number of nitrogens with two attached hydrogens (primary N) is 1. The third-order valence-corrected chi connectivity index (χ3v) is 3.38. The van der Waals surface area contributed by atoms with E-state index in [1.807, 2.05) is 18.2 Å². The molecular formula is C14H20N2O4. The Balaban J connectivity index is 2.25. The highest BCUT2D eigenvalue weighted by Crippen LogP contribution is 2.30. The van der Waals surface area contributed by atoms with Gasteiger partial charge in [-0.3, -0.25) is 4.79 Å². The number of aliphatic carboxylic acids is 1. The largest absolute Gasteiger partial charge is 0.496 e. The Kier molecular flexibility index (Phi) is 4.81. The predicted molar refractivity (Wildman–Crippen MR) is 75.2 cm³/mol. The summed E-state index contributed by atoms with van der Waals surface area (Å²) in [6, 6.07) is 5.13. The zero-order chi connectivity index (χ0) is 14.5. The molecule has 0 bridgehead atoms. The molecule has 0 aliphatic carbocycles. The van der Waals surface area contributed by atoms with Gasteiger partial charge in [0.2, 0.25) is 0 Å². The van der Waals surface area contributed by atoms with Crippen LogP contribution in [0.25, 0.3) is 0 Å². The second-order valence-corrected chi connectivity index (χ2v) is 4.73. The third kappa shape index (κ3) is 3.40. The fourth-order valence-corrected chi connectivity index (χ4v) is 2.33. The molecule has 0 saturated carbocycles. The zero-order valence-electron chi connectivity index (χ0n) is 11.5. The zero-order valence-corrected chi connectivity index (χ0v) is 11.5. The summed E-state index contributed by atoms with van der Waals surface area (Å²) in [6.45, 7) is 3.03. The predicted octanol–water partition coefficient (Wildman–Crippen LogP) is 1.01.